The van der Waals surface area contributed by atoms with Crippen molar-refractivity contribution in [2.45, 2.75) is 19.3 Å². The van der Waals surface area contributed by atoms with Crippen molar-refractivity contribution in [2.75, 3.05) is 23.7 Å². The molecular formula is C18H20ClN3O3. The van der Waals surface area contributed by atoms with Crippen LogP contribution in [0.5, 0.6) is 0 Å². The molecule has 1 saturated heterocycles. The lowest BCUT2D eigenvalue weighted by molar-refractivity contribution is -0.116. The van der Waals surface area contributed by atoms with Crippen LogP contribution in [0.25, 0.3) is 0 Å². The molecular weight excluding hydrogens is 342 g/mol. The van der Waals surface area contributed by atoms with Crippen LogP contribution in [-0.2, 0) is 4.79 Å². The van der Waals surface area contributed by atoms with E-state index in [0.717, 1.165) is 25.9 Å². The monoisotopic (exact) mass is 361 g/mol. The van der Waals surface area contributed by atoms with Crippen LogP contribution in [0.1, 0.15) is 29.8 Å². The lowest BCUT2D eigenvalue weighted by atomic mass is 10.0. The summed E-state index contributed by atoms with van der Waals surface area (Å²) in [6.07, 6.45) is 3.83. The number of hydrogen-bond donors (Lipinski definition) is 3. The van der Waals surface area contributed by atoms with Crippen molar-refractivity contribution < 1.29 is 14.0 Å². The standard InChI is InChI=1S/C18H20ClN3O3/c19-13-4-5-14(21-17(23)6-3-12-7-8-20-11-12)15(10-13)22-18(24)16-2-1-9-25-16/h1-2,4-5,9-10,12,20H,3,6-8,11H2,(H,21,23)(H,22,24). The molecule has 1 atom stereocenters. The van der Waals surface area contributed by atoms with Crippen LogP contribution in [-0.4, -0.2) is 24.9 Å². The summed E-state index contributed by atoms with van der Waals surface area (Å²) in [4.78, 5) is 24.4. The summed E-state index contributed by atoms with van der Waals surface area (Å²) in [5.74, 6) is 0.252. The van der Waals surface area contributed by atoms with Gasteiger partial charge in [0.05, 0.1) is 17.6 Å². The first kappa shape index (κ1) is 17.5. The number of rotatable bonds is 6. The molecule has 2 aromatic rings. The van der Waals surface area contributed by atoms with Crippen molar-refractivity contribution in [2.24, 2.45) is 5.92 Å². The van der Waals surface area contributed by atoms with E-state index in [9.17, 15) is 9.59 Å². The molecule has 2 heterocycles. The second-order valence-electron chi connectivity index (χ2n) is 6.07. The average Bonchev–Trinajstić information content (AvgIpc) is 3.29. The van der Waals surface area contributed by atoms with E-state index in [1.165, 1.54) is 6.26 Å². The fourth-order valence-corrected chi connectivity index (χ4v) is 3.00. The van der Waals surface area contributed by atoms with Gasteiger partial charge in [0.2, 0.25) is 5.91 Å². The van der Waals surface area contributed by atoms with Crippen molar-refractivity contribution >= 4 is 34.8 Å². The van der Waals surface area contributed by atoms with E-state index in [-0.39, 0.29) is 11.7 Å². The number of carbonyl (C=O) groups excluding carboxylic acids is 2. The van der Waals surface area contributed by atoms with E-state index in [1.807, 2.05) is 0 Å². The molecule has 1 aromatic carbocycles. The van der Waals surface area contributed by atoms with Crippen molar-refractivity contribution in [1.82, 2.24) is 5.32 Å². The summed E-state index contributed by atoms with van der Waals surface area (Å²) < 4.78 is 5.08. The fourth-order valence-electron chi connectivity index (χ4n) is 2.83. The number of carbonyl (C=O) groups is 2. The third kappa shape index (κ3) is 4.84. The van der Waals surface area contributed by atoms with Crippen LogP contribution in [0.4, 0.5) is 11.4 Å². The minimum Gasteiger partial charge on any atom is -0.459 e. The van der Waals surface area contributed by atoms with Crippen LogP contribution >= 0.6 is 11.6 Å². The molecule has 3 rings (SSSR count). The molecule has 0 aliphatic carbocycles. The smallest absolute Gasteiger partial charge is 0.291 e. The molecule has 0 spiro atoms. The predicted octanol–water partition coefficient (Wildman–Crippen LogP) is 3.51. The zero-order valence-corrected chi connectivity index (χ0v) is 14.4. The van der Waals surface area contributed by atoms with Crippen LogP contribution in [0, 0.1) is 5.92 Å². The number of nitrogens with one attached hydrogen (secondary N) is 3. The van der Waals surface area contributed by atoms with Crippen LogP contribution in [0.15, 0.2) is 41.0 Å². The molecule has 1 unspecified atom stereocenters. The molecule has 7 heteroatoms. The minimum absolute atomic E-state index is 0.0808. The highest BCUT2D eigenvalue weighted by Crippen LogP contribution is 2.27. The summed E-state index contributed by atoms with van der Waals surface area (Å²) in [6.45, 7) is 1.99. The first-order valence-corrected chi connectivity index (χ1v) is 8.64. The van der Waals surface area contributed by atoms with Gasteiger partial charge in [-0.25, -0.2) is 0 Å². The molecule has 25 heavy (non-hydrogen) atoms. The summed E-state index contributed by atoms with van der Waals surface area (Å²) >= 11 is 6.01. The normalized spacial score (nSPS) is 16.6. The maximum Gasteiger partial charge on any atom is 0.291 e. The molecule has 0 saturated carbocycles. The van der Waals surface area contributed by atoms with Gasteiger partial charge in [0, 0.05) is 11.4 Å². The van der Waals surface area contributed by atoms with Gasteiger partial charge in [-0.15, -0.1) is 0 Å². The molecule has 1 aromatic heterocycles. The maximum absolute atomic E-state index is 12.2. The topological polar surface area (TPSA) is 83.4 Å². The molecule has 3 N–H and O–H groups in total. The van der Waals surface area contributed by atoms with Crippen molar-refractivity contribution in [3.05, 3.63) is 47.4 Å². The third-order valence-electron chi connectivity index (χ3n) is 4.19. The second kappa shape index (κ2) is 8.18. The van der Waals surface area contributed by atoms with Gasteiger partial charge < -0.3 is 20.4 Å². The Bertz CT molecular complexity index is 740. The highest BCUT2D eigenvalue weighted by molar-refractivity contribution is 6.31. The lowest BCUT2D eigenvalue weighted by Crippen LogP contribution is -2.17. The Morgan fingerprint density at radius 2 is 2.12 bits per heavy atom. The molecule has 1 aliphatic heterocycles. The molecule has 1 fully saturated rings. The number of benzene rings is 1. The van der Waals surface area contributed by atoms with Crippen molar-refractivity contribution in [3.63, 3.8) is 0 Å². The van der Waals surface area contributed by atoms with E-state index in [1.54, 1.807) is 30.3 Å². The number of hydrogen-bond acceptors (Lipinski definition) is 4. The van der Waals surface area contributed by atoms with E-state index in [0.29, 0.717) is 28.7 Å². The fraction of sp³-hybridized carbons (Fsp3) is 0.333. The van der Waals surface area contributed by atoms with Gasteiger partial charge in [-0.1, -0.05) is 11.6 Å². The first-order chi connectivity index (χ1) is 12.1. The number of halogens is 1. The van der Waals surface area contributed by atoms with Crippen LogP contribution in [0.3, 0.4) is 0 Å². The zero-order valence-electron chi connectivity index (χ0n) is 13.7. The zero-order chi connectivity index (χ0) is 17.6. The summed E-state index contributed by atoms with van der Waals surface area (Å²) in [6, 6.07) is 8.13. The van der Waals surface area contributed by atoms with Gasteiger partial charge in [-0.05, 0) is 62.2 Å². The lowest BCUT2D eigenvalue weighted by Gasteiger charge is -2.13. The van der Waals surface area contributed by atoms with Crippen LogP contribution in [0.2, 0.25) is 5.02 Å². The van der Waals surface area contributed by atoms with Gasteiger partial charge in [0.1, 0.15) is 0 Å². The molecule has 2 amide bonds. The molecule has 0 radical (unpaired) electrons. The van der Waals surface area contributed by atoms with E-state index < -0.39 is 5.91 Å². The summed E-state index contributed by atoms with van der Waals surface area (Å²) in [7, 11) is 0. The highest BCUT2D eigenvalue weighted by Gasteiger charge is 2.17. The van der Waals surface area contributed by atoms with Gasteiger partial charge in [-0.2, -0.15) is 0 Å². The van der Waals surface area contributed by atoms with Gasteiger partial charge in [0.25, 0.3) is 5.91 Å². The van der Waals surface area contributed by atoms with Gasteiger partial charge in [0.15, 0.2) is 5.76 Å². The summed E-state index contributed by atoms with van der Waals surface area (Å²) in [5, 5.41) is 9.32. The molecule has 132 valence electrons. The SMILES string of the molecule is O=C(CCC1CCNC1)Nc1ccc(Cl)cc1NC(=O)c1ccco1. The van der Waals surface area contributed by atoms with Crippen LogP contribution < -0.4 is 16.0 Å². The number of amides is 2. The predicted molar refractivity (Wildman–Crippen MR) is 97.0 cm³/mol. The highest BCUT2D eigenvalue weighted by atomic mass is 35.5. The van der Waals surface area contributed by atoms with Gasteiger partial charge >= 0.3 is 0 Å². The van der Waals surface area contributed by atoms with E-state index in [4.69, 9.17) is 16.0 Å². The molecule has 0 bridgehead atoms. The van der Waals surface area contributed by atoms with Crippen molar-refractivity contribution in [3.8, 4) is 0 Å². The Morgan fingerprint density at radius 3 is 2.84 bits per heavy atom. The quantitative estimate of drug-likeness (QED) is 0.735. The second-order valence-corrected chi connectivity index (χ2v) is 6.50. The number of anilines is 2. The Balaban J connectivity index is 1.64. The largest absolute Gasteiger partial charge is 0.459 e. The molecule has 6 nitrogen and oxygen atoms in total. The maximum atomic E-state index is 12.2. The Morgan fingerprint density at radius 1 is 1.24 bits per heavy atom. The van der Waals surface area contributed by atoms with Crippen molar-refractivity contribution in [1.29, 1.82) is 0 Å². The Hall–Kier alpha value is -2.31. The Labute approximate surface area is 150 Å². The average molecular weight is 362 g/mol. The van der Waals surface area contributed by atoms with E-state index >= 15 is 0 Å². The number of furan rings is 1. The first-order valence-electron chi connectivity index (χ1n) is 8.27. The van der Waals surface area contributed by atoms with E-state index in [2.05, 4.69) is 16.0 Å². The third-order valence-corrected chi connectivity index (χ3v) is 4.43. The molecule has 1 aliphatic rings. The minimum atomic E-state index is -0.403. The summed E-state index contributed by atoms with van der Waals surface area (Å²) in [5.41, 5.74) is 0.948. The Kier molecular flexibility index (Phi) is 5.73. The van der Waals surface area contributed by atoms with Gasteiger partial charge in [-0.3, -0.25) is 9.59 Å².